The molecular weight excluding hydrogens is 495 g/mol. The van der Waals surface area contributed by atoms with Gasteiger partial charge in [0.15, 0.2) is 5.82 Å². The first-order valence-electron chi connectivity index (χ1n) is 13.1. The highest BCUT2D eigenvalue weighted by molar-refractivity contribution is 5.93. The number of aromatic amines is 1. The van der Waals surface area contributed by atoms with E-state index in [1.807, 2.05) is 18.2 Å². The zero-order valence-electron chi connectivity index (χ0n) is 21.7. The van der Waals surface area contributed by atoms with Gasteiger partial charge in [0.1, 0.15) is 11.9 Å². The number of carbonyl (C=O) groups is 1. The zero-order chi connectivity index (χ0) is 27.3. The van der Waals surface area contributed by atoms with Crippen LogP contribution in [0.4, 0.5) is 4.39 Å². The summed E-state index contributed by atoms with van der Waals surface area (Å²) in [5.41, 5.74) is 12.4. The van der Waals surface area contributed by atoms with Gasteiger partial charge in [-0.15, -0.1) is 10.2 Å². The number of likely N-dealkylation sites (tertiary alicyclic amines) is 1. The molecule has 0 bridgehead atoms. The number of aromatic nitrogens is 4. The van der Waals surface area contributed by atoms with Gasteiger partial charge in [0.2, 0.25) is 5.91 Å². The fourth-order valence-corrected chi connectivity index (χ4v) is 6.55. The lowest BCUT2D eigenvalue weighted by Crippen LogP contribution is -2.39. The van der Waals surface area contributed by atoms with Crippen LogP contribution in [0.3, 0.4) is 0 Å². The summed E-state index contributed by atoms with van der Waals surface area (Å²) in [4.78, 5) is 14.1. The normalized spacial score (nSPS) is 22.9. The molecule has 9 nitrogen and oxygen atoms in total. The average molecular weight is 525 g/mol. The SMILES string of the molecule is C=C(CNCC[C@]1(c2nn[nH]n2)c2ccc(F)cc2CCc2cc(C(N)=O)ccc21)N1C(C#N)CC2=C(C)[C@@H]21. The van der Waals surface area contributed by atoms with Crippen LogP contribution < -0.4 is 11.1 Å². The van der Waals surface area contributed by atoms with E-state index in [0.29, 0.717) is 43.7 Å². The Morgan fingerprint density at radius 2 is 2.03 bits per heavy atom. The number of fused-ring (bicyclic) bond motifs is 3. The molecule has 10 heteroatoms. The highest BCUT2D eigenvalue weighted by Gasteiger charge is 2.49. The lowest BCUT2D eigenvalue weighted by atomic mass is 9.69. The van der Waals surface area contributed by atoms with Crippen molar-refractivity contribution in [1.29, 1.82) is 5.26 Å². The predicted octanol–water partition coefficient (Wildman–Crippen LogP) is 2.66. The van der Waals surface area contributed by atoms with Crippen molar-refractivity contribution in [1.82, 2.24) is 30.8 Å². The van der Waals surface area contributed by atoms with E-state index < -0.39 is 11.3 Å². The van der Waals surface area contributed by atoms with Crippen LogP contribution in [0.1, 0.15) is 58.2 Å². The van der Waals surface area contributed by atoms with Crippen LogP contribution in [0.2, 0.25) is 0 Å². The van der Waals surface area contributed by atoms with E-state index in [1.54, 1.807) is 12.1 Å². The number of tetrazole rings is 1. The number of primary amides is 1. The molecular formula is C29H29FN8O. The molecule has 1 fully saturated rings. The number of hydrogen-bond acceptors (Lipinski definition) is 7. The van der Waals surface area contributed by atoms with E-state index in [9.17, 15) is 14.4 Å². The Morgan fingerprint density at radius 3 is 2.72 bits per heavy atom. The van der Waals surface area contributed by atoms with Crippen molar-refractivity contribution in [3.05, 3.63) is 99.3 Å². The van der Waals surface area contributed by atoms with Gasteiger partial charge in [0.25, 0.3) is 0 Å². The number of H-pyrrole nitrogens is 1. The van der Waals surface area contributed by atoms with Gasteiger partial charge >= 0.3 is 0 Å². The summed E-state index contributed by atoms with van der Waals surface area (Å²) < 4.78 is 14.4. The molecule has 39 heavy (non-hydrogen) atoms. The van der Waals surface area contributed by atoms with Gasteiger partial charge in [-0.25, -0.2) is 4.39 Å². The number of benzene rings is 2. The first-order valence-corrected chi connectivity index (χ1v) is 13.1. The Morgan fingerprint density at radius 1 is 1.28 bits per heavy atom. The molecule has 1 aromatic heterocycles. The van der Waals surface area contributed by atoms with Gasteiger partial charge in [-0.2, -0.15) is 10.5 Å². The summed E-state index contributed by atoms with van der Waals surface area (Å²) in [5.74, 6) is -0.343. The van der Waals surface area contributed by atoms with Gasteiger partial charge in [-0.3, -0.25) is 4.79 Å². The third kappa shape index (κ3) is 4.01. The summed E-state index contributed by atoms with van der Waals surface area (Å²) in [6, 6.07) is 12.8. The molecule has 1 aliphatic heterocycles. The number of carbonyl (C=O) groups excluding carboxylic acids is 1. The molecule has 1 amide bonds. The number of nitrogens with one attached hydrogen (secondary N) is 2. The van der Waals surface area contributed by atoms with Gasteiger partial charge in [-0.1, -0.05) is 23.9 Å². The highest BCUT2D eigenvalue weighted by atomic mass is 19.1. The third-order valence-corrected chi connectivity index (χ3v) is 8.48. The second kappa shape index (κ2) is 9.43. The second-order valence-electron chi connectivity index (χ2n) is 10.5. The van der Waals surface area contributed by atoms with Crippen molar-refractivity contribution in [2.75, 3.05) is 13.1 Å². The largest absolute Gasteiger partial charge is 0.366 e. The first kappa shape index (κ1) is 24.9. The van der Waals surface area contributed by atoms with Crippen molar-refractivity contribution < 1.29 is 9.18 Å². The molecule has 1 saturated heterocycles. The topological polar surface area (TPSA) is 137 Å². The molecule has 198 valence electrons. The zero-order valence-corrected chi connectivity index (χ0v) is 21.7. The molecule has 2 heterocycles. The van der Waals surface area contributed by atoms with Crippen molar-refractivity contribution in [2.45, 2.75) is 50.1 Å². The smallest absolute Gasteiger partial charge is 0.248 e. The van der Waals surface area contributed by atoms with Crippen molar-refractivity contribution >= 4 is 5.91 Å². The van der Waals surface area contributed by atoms with E-state index >= 15 is 0 Å². The highest BCUT2D eigenvalue weighted by Crippen LogP contribution is 2.49. The van der Waals surface area contributed by atoms with Crippen molar-refractivity contribution in [2.24, 2.45) is 5.73 Å². The van der Waals surface area contributed by atoms with Crippen molar-refractivity contribution in [3.63, 3.8) is 0 Å². The van der Waals surface area contributed by atoms with Crippen molar-refractivity contribution in [3.8, 4) is 6.07 Å². The molecule has 3 aromatic rings. The van der Waals surface area contributed by atoms with Crippen LogP contribution >= 0.6 is 0 Å². The summed E-state index contributed by atoms with van der Waals surface area (Å²) >= 11 is 0. The lowest BCUT2D eigenvalue weighted by Gasteiger charge is -2.34. The van der Waals surface area contributed by atoms with Gasteiger partial charge < -0.3 is 16.0 Å². The number of amides is 1. The van der Waals surface area contributed by atoms with Crippen LogP contribution in [0, 0.1) is 17.1 Å². The van der Waals surface area contributed by atoms with Crippen LogP contribution in [0.5, 0.6) is 0 Å². The first-order chi connectivity index (χ1) is 18.8. The van der Waals surface area contributed by atoms with Crippen LogP contribution in [0.25, 0.3) is 0 Å². The molecule has 2 aromatic carbocycles. The van der Waals surface area contributed by atoms with Crippen LogP contribution in [0.15, 0.2) is 59.8 Å². The second-order valence-corrected chi connectivity index (χ2v) is 10.5. The summed E-state index contributed by atoms with van der Waals surface area (Å²) in [7, 11) is 0. The Bertz CT molecular complexity index is 1560. The maximum Gasteiger partial charge on any atom is 0.248 e. The average Bonchev–Trinajstić information content (AvgIpc) is 3.30. The molecule has 2 aliphatic carbocycles. The summed E-state index contributed by atoms with van der Waals surface area (Å²) in [6.45, 7) is 7.46. The molecule has 3 atom stereocenters. The number of nitrogens with zero attached hydrogens (tertiary/aromatic N) is 5. The monoisotopic (exact) mass is 524 g/mol. The standard InChI is InChI=1S/C29H29FN8O/c1-16(38-22(14-31)13-23-17(2)26(23)38)15-33-10-9-29(28-34-36-37-35-28)24-7-5-20(27(32)39)11-18(24)3-4-19-12-21(30)6-8-25(19)29/h5-8,11-12,22,26,33H,1,3-4,9-10,13,15H2,2H3,(H2,32,39)(H,34,35,36,37)/t22?,26-,29+/m0/s1. The van der Waals surface area contributed by atoms with Gasteiger partial charge in [0, 0.05) is 24.2 Å². The molecule has 6 rings (SSSR count). The molecule has 0 spiro atoms. The molecule has 3 aliphatic rings. The number of rotatable bonds is 8. The number of halogens is 1. The minimum Gasteiger partial charge on any atom is -0.366 e. The summed E-state index contributed by atoms with van der Waals surface area (Å²) in [5, 5.41) is 28.4. The molecule has 0 radical (unpaired) electrons. The van der Waals surface area contributed by atoms with Crippen LogP contribution in [-0.2, 0) is 18.3 Å². The Balaban J connectivity index is 1.34. The van der Waals surface area contributed by atoms with Gasteiger partial charge in [0.05, 0.1) is 17.5 Å². The summed E-state index contributed by atoms with van der Waals surface area (Å²) in [6.07, 6.45) is 2.52. The quantitative estimate of drug-likeness (QED) is 0.304. The number of nitrogens with two attached hydrogens (primary N) is 1. The maximum absolute atomic E-state index is 14.4. The predicted molar refractivity (Wildman–Crippen MR) is 142 cm³/mol. The maximum atomic E-state index is 14.4. The number of hydrogen-bond donors (Lipinski definition) is 3. The Kier molecular flexibility index (Phi) is 6.03. The van der Waals surface area contributed by atoms with E-state index in [-0.39, 0.29) is 17.9 Å². The number of nitriles is 1. The minimum atomic E-state index is -0.850. The van der Waals surface area contributed by atoms with Crippen LogP contribution in [-0.4, -0.2) is 56.6 Å². The molecule has 4 N–H and O–H groups in total. The van der Waals surface area contributed by atoms with E-state index in [4.69, 9.17) is 5.73 Å². The van der Waals surface area contributed by atoms with E-state index in [2.05, 4.69) is 50.4 Å². The van der Waals surface area contributed by atoms with Gasteiger partial charge in [-0.05, 0) is 90.4 Å². The van der Waals surface area contributed by atoms with E-state index in [1.165, 1.54) is 17.2 Å². The Labute approximate surface area is 225 Å². The fraction of sp³-hybridized carbons (Fsp3) is 0.345. The lowest BCUT2D eigenvalue weighted by molar-refractivity contribution is 0.1000. The number of aryl methyl sites for hydroxylation is 2. The molecule has 0 saturated carbocycles. The minimum absolute atomic E-state index is 0.177. The fourth-order valence-electron chi connectivity index (χ4n) is 6.55. The molecule has 1 unspecified atom stereocenters. The van der Waals surface area contributed by atoms with E-state index in [0.717, 1.165) is 34.4 Å². The Hall–Kier alpha value is -4.36. The third-order valence-electron chi connectivity index (χ3n) is 8.48.